The largest absolute Gasteiger partial charge is 0.497 e. The Bertz CT molecular complexity index is 1480. The summed E-state index contributed by atoms with van der Waals surface area (Å²) in [5.74, 6) is -3.60. The van der Waals surface area contributed by atoms with Gasteiger partial charge in [0.15, 0.2) is 0 Å². The van der Waals surface area contributed by atoms with Gasteiger partial charge in [0.2, 0.25) is 5.91 Å². The molecule has 11 heteroatoms. The molecule has 1 atom stereocenters. The maximum absolute atomic E-state index is 13.6. The smallest absolute Gasteiger partial charge is 0.414 e. The van der Waals surface area contributed by atoms with Crippen molar-refractivity contribution in [3.05, 3.63) is 107 Å². The van der Waals surface area contributed by atoms with Gasteiger partial charge >= 0.3 is 17.9 Å². The molecule has 42 heavy (non-hydrogen) atoms. The summed E-state index contributed by atoms with van der Waals surface area (Å²) in [4.78, 5) is 44.7. The molecule has 0 spiro atoms. The fraction of sp³-hybridized carbons (Fsp3) is 0.161. The van der Waals surface area contributed by atoms with Gasteiger partial charge in [-0.1, -0.05) is 72.8 Å². The van der Waals surface area contributed by atoms with Gasteiger partial charge in [0, 0.05) is 17.5 Å². The highest BCUT2D eigenvalue weighted by Crippen LogP contribution is 2.36. The molecule has 3 aromatic carbocycles. The van der Waals surface area contributed by atoms with Crippen LogP contribution in [-0.2, 0) is 25.7 Å². The third-order valence-electron chi connectivity index (χ3n) is 5.84. The van der Waals surface area contributed by atoms with E-state index in [1.807, 2.05) is 90.3 Å². The number of esters is 1. The Kier molecular flexibility index (Phi) is 11.8. The normalized spacial score (nSPS) is 10.9. The number of rotatable bonds is 10. The Hall–Kier alpha value is -5.00. The Morgan fingerprint density at radius 3 is 2.00 bits per heavy atom. The molecular weight excluding hydrogens is 560 g/mol. The maximum Gasteiger partial charge on any atom is 0.414 e. The molecule has 1 amide bonds. The number of carbonyl (C=O) groups is 4. The van der Waals surface area contributed by atoms with Crippen molar-refractivity contribution in [2.45, 2.75) is 19.5 Å². The van der Waals surface area contributed by atoms with Crippen LogP contribution in [-0.4, -0.2) is 47.7 Å². The molecule has 0 aliphatic heterocycles. The lowest BCUT2D eigenvalue weighted by molar-refractivity contribution is -0.159. The number of hydrogen-bond acceptors (Lipinski definition) is 8. The molecule has 0 saturated heterocycles. The molecule has 0 bridgehead atoms. The lowest BCUT2D eigenvalue weighted by atomic mass is 10.0. The third kappa shape index (κ3) is 8.75. The third-order valence-corrected chi connectivity index (χ3v) is 6.73. The summed E-state index contributed by atoms with van der Waals surface area (Å²) in [6.07, 6.45) is 0. The van der Waals surface area contributed by atoms with Gasteiger partial charge in [-0.2, -0.15) is 0 Å². The summed E-state index contributed by atoms with van der Waals surface area (Å²) in [7, 11) is 1.63. The maximum atomic E-state index is 13.6. The second-order valence-electron chi connectivity index (χ2n) is 8.61. The van der Waals surface area contributed by atoms with Gasteiger partial charge < -0.3 is 25.0 Å². The number of carboxylic acid groups (broad SMARTS) is 2. The van der Waals surface area contributed by atoms with Crippen molar-refractivity contribution in [1.29, 1.82) is 0 Å². The highest BCUT2D eigenvalue weighted by molar-refractivity contribution is 7.15. The molecule has 218 valence electrons. The number of aliphatic carboxylic acids is 2. The number of hydrogen-bond donors (Lipinski definition) is 4. The number of anilines is 1. The lowest BCUT2D eigenvalue weighted by Gasteiger charge is -2.19. The molecule has 1 heterocycles. The minimum Gasteiger partial charge on any atom is -0.497 e. The van der Waals surface area contributed by atoms with E-state index >= 15 is 0 Å². The van der Waals surface area contributed by atoms with Gasteiger partial charge in [0.1, 0.15) is 22.4 Å². The van der Waals surface area contributed by atoms with Crippen molar-refractivity contribution in [3.8, 4) is 16.9 Å². The van der Waals surface area contributed by atoms with Crippen molar-refractivity contribution >= 4 is 40.2 Å². The fourth-order valence-electron chi connectivity index (χ4n) is 3.84. The van der Waals surface area contributed by atoms with Gasteiger partial charge in [0.05, 0.1) is 13.7 Å². The van der Waals surface area contributed by atoms with E-state index in [0.29, 0.717) is 17.1 Å². The Morgan fingerprint density at radius 2 is 1.45 bits per heavy atom. The average molecular weight is 591 g/mol. The molecule has 1 unspecified atom stereocenters. The number of carbonyl (C=O) groups excluding carboxylic acids is 2. The van der Waals surface area contributed by atoms with E-state index in [1.165, 1.54) is 11.3 Å². The van der Waals surface area contributed by atoms with E-state index in [0.717, 1.165) is 28.0 Å². The number of carboxylic acids is 2. The van der Waals surface area contributed by atoms with Gasteiger partial charge in [0.25, 0.3) is 0 Å². The van der Waals surface area contributed by atoms with E-state index in [9.17, 15) is 9.59 Å². The van der Waals surface area contributed by atoms with Crippen molar-refractivity contribution in [2.24, 2.45) is 0 Å². The second kappa shape index (κ2) is 15.7. The average Bonchev–Trinajstić information content (AvgIpc) is 3.42. The number of nitrogens with one attached hydrogen (secondary N) is 2. The first-order valence-electron chi connectivity index (χ1n) is 12.8. The van der Waals surface area contributed by atoms with E-state index < -0.39 is 23.9 Å². The molecule has 10 nitrogen and oxygen atoms in total. The van der Waals surface area contributed by atoms with Crippen LogP contribution in [0.2, 0.25) is 0 Å². The highest BCUT2D eigenvalue weighted by atomic mass is 32.1. The van der Waals surface area contributed by atoms with Crippen molar-refractivity contribution in [1.82, 2.24) is 5.32 Å². The van der Waals surface area contributed by atoms with Crippen LogP contribution in [0.3, 0.4) is 0 Å². The van der Waals surface area contributed by atoms with Crippen molar-refractivity contribution in [2.75, 3.05) is 19.0 Å². The molecule has 0 saturated carbocycles. The Balaban J connectivity index is 0.000000730. The van der Waals surface area contributed by atoms with Gasteiger partial charge in [-0.3, -0.25) is 10.1 Å². The molecule has 4 aromatic rings. The first-order chi connectivity index (χ1) is 20.2. The first kappa shape index (κ1) is 31.5. The zero-order chi connectivity index (χ0) is 30.5. The monoisotopic (exact) mass is 590 g/mol. The van der Waals surface area contributed by atoms with Crippen LogP contribution in [0.15, 0.2) is 90.3 Å². The summed E-state index contributed by atoms with van der Waals surface area (Å²) in [6, 6.07) is 26.2. The lowest BCUT2D eigenvalue weighted by Crippen LogP contribution is -2.33. The number of amides is 1. The first-order valence-corrected chi connectivity index (χ1v) is 13.7. The van der Waals surface area contributed by atoms with Crippen LogP contribution >= 0.6 is 11.3 Å². The predicted octanol–water partition coefficient (Wildman–Crippen LogP) is 5.23. The van der Waals surface area contributed by atoms with Crippen LogP contribution < -0.4 is 15.4 Å². The number of thiophene rings is 1. The molecule has 1 aromatic heterocycles. The van der Waals surface area contributed by atoms with E-state index in [-0.39, 0.29) is 12.5 Å². The number of benzene rings is 3. The van der Waals surface area contributed by atoms with Gasteiger partial charge in [-0.25, -0.2) is 14.4 Å². The number of methoxy groups -OCH3 is 1. The van der Waals surface area contributed by atoms with Crippen molar-refractivity contribution < 1.29 is 38.9 Å². The summed E-state index contributed by atoms with van der Waals surface area (Å²) in [5.41, 5.74) is 3.81. The van der Waals surface area contributed by atoms with Gasteiger partial charge in [-0.05, 0) is 35.7 Å². The van der Waals surface area contributed by atoms with Crippen LogP contribution in [0.5, 0.6) is 5.75 Å². The SMILES string of the molecule is CCOC(=O)c1c(-c2ccccc2)csc1NC(=O)C(NCc1ccc(OC)cc1)c1ccccc1.O=C(O)C(=O)O. The van der Waals surface area contributed by atoms with Crippen molar-refractivity contribution in [3.63, 3.8) is 0 Å². The molecule has 0 fully saturated rings. The Labute approximate surface area is 246 Å². The van der Waals surface area contributed by atoms with E-state index in [2.05, 4.69) is 10.6 Å². The summed E-state index contributed by atoms with van der Waals surface area (Å²) in [6.45, 7) is 2.48. The zero-order valence-electron chi connectivity index (χ0n) is 22.9. The summed E-state index contributed by atoms with van der Waals surface area (Å²) in [5, 5.41) is 23.5. The van der Waals surface area contributed by atoms with E-state index in [1.54, 1.807) is 14.0 Å². The Morgan fingerprint density at radius 1 is 0.857 bits per heavy atom. The topological polar surface area (TPSA) is 151 Å². The van der Waals surface area contributed by atoms with E-state index in [4.69, 9.17) is 29.3 Å². The minimum atomic E-state index is -1.82. The molecule has 0 aliphatic carbocycles. The van der Waals surface area contributed by atoms with Crippen LogP contribution in [0, 0.1) is 0 Å². The second-order valence-corrected chi connectivity index (χ2v) is 9.49. The van der Waals surface area contributed by atoms with Gasteiger partial charge in [-0.15, -0.1) is 11.3 Å². The minimum absolute atomic E-state index is 0.242. The predicted molar refractivity (Wildman–Crippen MR) is 159 cm³/mol. The molecule has 4 rings (SSSR count). The molecule has 0 radical (unpaired) electrons. The fourth-order valence-corrected chi connectivity index (χ4v) is 4.80. The summed E-state index contributed by atoms with van der Waals surface area (Å²) >= 11 is 1.31. The standard InChI is InChI=1S/C29H28N2O4S.C2H2O4/c1-3-35-29(33)25-24(21-10-6-4-7-11-21)19-36-28(25)31-27(32)26(22-12-8-5-9-13-22)30-18-20-14-16-23(34-2)17-15-20;3-1(4)2(5)6/h4-17,19,26,30H,3,18H2,1-2H3,(H,31,32);(H,3,4)(H,5,6). The zero-order valence-corrected chi connectivity index (χ0v) is 23.7. The number of ether oxygens (including phenoxy) is 2. The van der Waals surface area contributed by atoms with Crippen LogP contribution in [0.4, 0.5) is 5.00 Å². The highest BCUT2D eigenvalue weighted by Gasteiger charge is 2.26. The molecular formula is C31H30N2O8S. The molecule has 4 N–H and O–H groups in total. The van der Waals surface area contributed by atoms with Crippen LogP contribution in [0.25, 0.3) is 11.1 Å². The van der Waals surface area contributed by atoms with Crippen LogP contribution in [0.1, 0.15) is 34.5 Å². The molecule has 0 aliphatic rings. The summed E-state index contributed by atoms with van der Waals surface area (Å²) < 4.78 is 10.6. The quantitative estimate of drug-likeness (QED) is 0.144.